The van der Waals surface area contributed by atoms with Crippen molar-refractivity contribution in [1.82, 2.24) is 5.32 Å². The molecule has 0 aromatic heterocycles. The summed E-state index contributed by atoms with van der Waals surface area (Å²) < 4.78 is 5.67. The van der Waals surface area contributed by atoms with Gasteiger partial charge in [-0.3, -0.25) is 0 Å². The van der Waals surface area contributed by atoms with E-state index in [1.807, 2.05) is 32.1 Å². The predicted molar refractivity (Wildman–Crippen MR) is 68.8 cm³/mol. The van der Waals surface area contributed by atoms with E-state index in [2.05, 4.69) is 31.0 Å². The first kappa shape index (κ1) is 12.8. The van der Waals surface area contributed by atoms with Gasteiger partial charge in [0, 0.05) is 0 Å². The van der Waals surface area contributed by atoms with E-state index in [9.17, 15) is 0 Å². The molecule has 1 N–H and O–H groups in total. The molecular weight excluding hydrogens is 198 g/mol. The summed E-state index contributed by atoms with van der Waals surface area (Å²) in [6, 6.07) is 8.34. The molecule has 88 valence electrons. The summed E-state index contributed by atoms with van der Waals surface area (Å²) in [4.78, 5) is 0. The summed E-state index contributed by atoms with van der Waals surface area (Å²) in [5.74, 6) is 0.914. The van der Waals surface area contributed by atoms with Crippen LogP contribution in [0.3, 0.4) is 0 Å². The number of hydrogen-bond acceptors (Lipinski definition) is 2. The van der Waals surface area contributed by atoms with Crippen molar-refractivity contribution in [2.75, 3.05) is 6.54 Å². The van der Waals surface area contributed by atoms with Gasteiger partial charge in [0.15, 0.2) is 0 Å². The highest BCUT2D eigenvalue weighted by molar-refractivity contribution is 5.32. The van der Waals surface area contributed by atoms with Gasteiger partial charge in [0.25, 0.3) is 0 Å². The molecule has 0 aliphatic rings. The molecule has 0 heterocycles. The van der Waals surface area contributed by atoms with E-state index in [0.717, 1.165) is 12.3 Å². The molecule has 0 aliphatic heterocycles. The molecular formula is C14H21NO. The molecule has 0 spiro atoms. The van der Waals surface area contributed by atoms with Crippen LogP contribution in [-0.4, -0.2) is 12.6 Å². The van der Waals surface area contributed by atoms with Crippen LogP contribution in [0.4, 0.5) is 0 Å². The molecule has 0 saturated carbocycles. The minimum Gasteiger partial charge on any atom is -0.491 e. The Morgan fingerprint density at radius 3 is 2.75 bits per heavy atom. The highest BCUT2D eigenvalue weighted by Gasteiger charge is 2.07. The van der Waals surface area contributed by atoms with Gasteiger partial charge < -0.3 is 10.1 Å². The number of nitrogens with one attached hydrogen (secondary N) is 1. The number of hydrogen-bond donors (Lipinski definition) is 1. The topological polar surface area (TPSA) is 21.3 Å². The van der Waals surface area contributed by atoms with E-state index in [1.165, 1.54) is 5.56 Å². The normalized spacial score (nSPS) is 12.5. The van der Waals surface area contributed by atoms with Gasteiger partial charge in [0.2, 0.25) is 0 Å². The average molecular weight is 219 g/mol. The fourth-order valence-electron chi connectivity index (χ4n) is 1.61. The molecule has 1 rings (SSSR count). The maximum atomic E-state index is 5.67. The molecule has 0 bridgehead atoms. The summed E-state index contributed by atoms with van der Waals surface area (Å²) in [6.07, 6.45) is 2.12. The van der Waals surface area contributed by atoms with Gasteiger partial charge in [-0.15, -0.1) is 6.58 Å². The minimum atomic E-state index is 0.195. The Morgan fingerprint density at radius 1 is 1.44 bits per heavy atom. The van der Waals surface area contributed by atoms with Gasteiger partial charge in [-0.25, -0.2) is 0 Å². The van der Waals surface area contributed by atoms with Crippen LogP contribution >= 0.6 is 0 Å². The maximum Gasteiger partial charge on any atom is 0.120 e. The SMILES string of the molecule is C=CC(NCC)c1cccc(OC(C)C)c1. The number of ether oxygens (including phenoxy) is 1. The van der Waals surface area contributed by atoms with Gasteiger partial charge >= 0.3 is 0 Å². The first-order valence-electron chi connectivity index (χ1n) is 5.80. The van der Waals surface area contributed by atoms with Crippen LogP contribution in [0.25, 0.3) is 0 Å². The van der Waals surface area contributed by atoms with Crippen molar-refractivity contribution in [2.24, 2.45) is 0 Å². The molecule has 1 atom stereocenters. The van der Waals surface area contributed by atoms with Crippen molar-refractivity contribution in [3.8, 4) is 5.75 Å². The van der Waals surface area contributed by atoms with Crippen LogP contribution in [-0.2, 0) is 0 Å². The third kappa shape index (κ3) is 3.70. The molecule has 1 unspecified atom stereocenters. The highest BCUT2D eigenvalue weighted by atomic mass is 16.5. The molecule has 1 aromatic rings. The Hall–Kier alpha value is -1.28. The standard InChI is InChI=1S/C14H21NO/c1-5-14(15-6-2)12-8-7-9-13(10-12)16-11(3)4/h5,7-11,14-15H,1,6H2,2-4H3. The van der Waals surface area contributed by atoms with Gasteiger partial charge in [0.1, 0.15) is 5.75 Å². The highest BCUT2D eigenvalue weighted by Crippen LogP contribution is 2.20. The predicted octanol–water partition coefficient (Wildman–Crippen LogP) is 3.31. The van der Waals surface area contributed by atoms with Crippen molar-refractivity contribution < 1.29 is 4.74 Å². The molecule has 0 fully saturated rings. The molecule has 0 amide bonds. The van der Waals surface area contributed by atoms with E-state index < -0.39 is 0 Å². The van der Waals surface area contributed by atoms with Crippen molar-refractivity contribution in [3.63, 3.8) is 0 Å². The molecule has 1 aromatic carbocycles. The molecule has 2 heteroatoms. The molecule has 16 heavy (non-hydrogen) atoms. The lowest BCUT2D eigenvalue weighted by Gasteiger charge is -2.16. The lowest BCUT2D eigenvalue weighted by molar-refractivity contribution is 0.242. The van der Waals surface area contributed by atoms with E-state index >= 15 is 0 Å². The summed E-state index contributed by atoms with van der Waals surface area (Å²) in [5.41, 5.74) is 1.19. The van der Waals surface area contributed by atoms with E-state index in [4.69, 9.17) is 4.74 Å². The fourth-order valence-corrected chi connectivity index (χ4v) is 1.61. The first-order chi connectivity index (χ1) is 7.67. The largest absolute Gasteiger partial charge is 0.491 e. The average Bonchev–Trinajstić information content (AvgIpc) is 2.25. The van der Waals surface area contributed by atoms with Gasteiger partial charge in [-0.05, 0) is 38.1 Å². The summed E-state index contributed by atoms with van der Waals surface area (Å²) in [6.45, 7) is 10.9. The lowest BCUT2D eigenvalue weighted by atomic mass is 10.1. The van der Waals surface area contributed by atoms with Gasteiger partial charge in [0.05, 0.1) is 12.1 Å². The van der Waals surface area contributed by atoms with Crippen LogP contribution in [0.2, 0.25) is 0 Å². The van der Waals surface area contributed by atoms with Gasteiger partial charge in [-0.2, -0.15) is 0 Å². The van der Waals surface area contributed by atoms with E-state index in [0.29, 0.717) is 0 Å². The third-order valence-corrected chi connectivity index (χ3v) is 2.25. The van der Waals surface area contributed by atoms with Crippen LogP contribution < -0.4 is 10.1 Å². The Morgan fingerprint density at radius 2 is 2.19 bits per heavy atom. The van der Waals surface area contributed by atoms with Crippen molar-refractivity contribution >= 4 is 0 Å². The summed E-state index contributed by atoms with van der Waals surface area (Å²) >= 11 is 0. The summed E-state index contributed by atoms with van der Waals surface area (Å²) in [7, 11) is 0. The smallest absolute Gasteiger partial charge is 0.120 e. The van der Waals surface area contributed by atoms with Crippen molar-refractivity contribution in [3.05, 3.63) is 42.5 Å². The van der Waals surface area contributed by atoms with E-state index in [-0.39, 0.29) is 12.1 Å². The van der Waals surface area contributed by atoms with Crippen molar-refractivity contribution in [1.29, 1.82) is 0 Å². The van der Waals surface area contributed by atoms with Gasteiger partial charge in [-0.1, -0.05) is 25.1 Å². The lowest BCUT2D eigenvalue weighted by Crippen LogP contribution is -2.18. The quantitative estimate of drug-likeness (QED) is 0.741. The second kappa shape index (κ2) is 6.33. The Labute approximate surface area is 98.3 Å². The number of likely N-dealkylation sites (N-methyl/N-ethyl adjacent to an activating group) is 1. The Bertz CT molecular complexity index is 333. The Kier molecular flexibility index (Phi) is 5.06. The second-order valence-corrected chi connectivity index (χ2v) is 4.01. The molecule has 0 radical (unpaired) electrons. The molecule has 2 nitrogen and oxygen atoms in total. The summed E-state index contributed by atoms with van der Waals surface area (Å²) in [5, 5.41) is 3.36. The zero-order chi connectivity index (χ0) is 12.0. The Balaban J connectivity index is 2.83. The first-order valence-corrected chi connectivity index (χ1v) is 5.80. The third-order valence-electron chi connectivity index (χ3n) is 2.25. The van der Waals surface area contributed by atoms with Crippen LogP contribution in [0.5, 0.6) is 5.75 Å². The van der Waals surface area contributed by atoms with Crippen LogP contribution in [0.15, 0.2) is 36.9 Å². The monoisotopic (exact) mass is 219 g/mol. The minimum absolute atomic E-state index is 0.195. The van der Waals surface area contributed by atoms with Crippen LogP contribution in [0, 0.1) is 0 Å². The van der Waals surface area contributed by atoms with E-state index in [1.54, 1.807) is 0 Å². The number of rotatable bonds is 6. The number of benzene rings is 1. The maximum absolute atomic E-state index is 5.67. The van der Waals surface area contributed by atoms with Crippen molar-refractivity contribution in [2.45, 2.75) is 32.9 Å². The second-order valence-electron chi connectivity index (χ2n) is 4.01. The zero-order valence-corrected chi connectivity index (χ0v) is 10.4. The zero-order valence-electron chi connectivity index (χ0n) is 10.4. The molecule has 0 saturated heterocycles. The fraction of sp³-hybridized carbons (Fsp3) is 0.429. The molecule has 0 aliphatic carbocycles. The van der Waals surface area contributed by atoms with Crippen LogP contribution in [0.1, 0.15) is 32.4 Å².